The number of hydrogen-bond donors (Lipinski definition) is 0. The quantitative estimate of drug-likeness (QED) is 0.333. The van der Waals surface area contributed by atoms with Gasteiger partial charge in [-0.3, -0.25) is 0 Å². The Balaban J connectivity index is -0.000000686. The summed E-state index contributed by atoms with van der Waals surface area (Å²) in [6.45, 7) is 18.4. The average molecular weight is 388 g/mol. The van der Waals surface area contributed by atoms with Crippen molar-refractivity contribution in [2.24, 2.45) is 0 Å². The summed E-state index contributed by atoms with van der Waals surface area (Å²) < 4.78 is 33.1. The fraction of sp³-hybridized carbons (Fsp3) is 0.200. The van der Waals surface area contributed by atoms with E-state index in [1.807, 2.05) is 24.3 Å². The topological polar surface area (TPSA) is 82.1 Å². The van der Waals surface area contributed by atoms with Crippen LogP contribution in [0.15, 0.2) is 47.1 Å². The van der Waals surface area contributed by atoms with Crippen LogP contribution in [0.3, 0.4) is 0 Å². The number of unbranched alkanes of at least 4 members (excludes halogenated alkanes) is 2. The summed E-state index contributed by atoms with van der Waals surface area (Å²) in [5, 5.41) is 0. The fourth-order valence-electron chi connectivity index (χ4n) is 1.52. The van der Waals surface area contributed by atoms with E-state index in [-0.39, 0.29) is 17.4 Å². The molecule has 1 aromatic heterocycles. The van der Waals surface area contributed by atoms with Crippen LogP contribution < -0.4 is 4.74 Å². The smallest absolute Gasteiger partial charge is 0 e. The van der Waals surface area contributed by atoms with Crippen LogP contribution in [0.5, 0.6) is 5.75 Å². The summed E-state index contributed by atoms with van der Waals surface area (Å²) in [7, 11) is 0. The molecule has 0 unspecified atom stereocenters. The maximum atomic E-state index is 7.50. The number of hydrogen-bond acceptors (Lipinski definition) is 2. The molecule has 0 fully saturated rings. The summed E-state index contributed by atoms with van der Waals surface area (Å²) in [6, 6.07) is 11.3. The van der Waals surface area contributed by atoms with Gasteiger partial charge in [0, 0.05) is 23.8 Å². The largest absolute Gasteiger partial charge is 0 e. The van der Waals surface area contributed by atoms with Crippen LogP contribution in [-0.2, 0) is 31.3 Å². The van der Waals surface area contributed by atoms with Crippen molar-refractivity contribution in [1.82, 2.24) is 0 Å². The van der Waals surface area contributed by atoms with Crippen LogP contribution >= 0.6 is 0 Å². The Kier molecular flexibility index (Phi) is 24.7. The minimum absolute atomic E-state index is 0. The molecule has 1 aromatic carbocycles. The van der Waals surface area contributed by atoms with E-state index in [2.05, 4.69) is 45.3 Å². The Bertz CT molecular complexity index is 661. The van der Waals surface area contributed by atoms with Gasteiger partial charge in [0.15, 0.2) is 5.76 Å². The first kappa shape index (κ1) is 28.4. The zero-order valence-electron chi connectivity index (χ0n) is 14.1. The standard InChI is InChI=1S/C17H16O2.3CO.Cr/c1-2-3-4-5-9-15-10-6-7-12-17(15)19-14-16-11-8-13-18-16;3*1-2;/h6-8,10-13H,2-4H2,1H3;;;;. The Morgan fingerprint density at radius 3 is 2.23 bits per heavy atom. The monoisotopic (exact) mass is 388 g/mol. The Morgan fingerprint density at radius 2 is 1.65 bits per heavy atom. The molecule has 2 aromatic rings. The Hall–Kier alpha value is -2.39. The first-order valence-electron chi connectivity index (χ1n) is 7.05. The Labute approximate surface area is 165 Å². The molecule has 0 amide bonds. The van der Waals surface area contributed by atoms with E-state index in [4.69, 9.17) is 23.1 Å². The van der Waals surface area contributed by atoms with Gasteiger partial charge in [-0.2, -0.15) is 0 Å². The van der Waals surface area contributed by atoms with Gasteiger partial charge in [0.05, 0.1) is 11.8 Å². The van der Waals surface area contributed by atoms with E-state index in [0.29, 0.717) is 11.5 Å². The molecule has 2 radical (unpaired) electrons. The van der Waals surface area contributed by atoms with Crippen molar-refractivity contribution in [3.8, 4) is 17.6 Å². The normalized spacial score (nSPS) is 7.35. The van der Waals surface area contributed by atoms with Gasteiger partial charge in [0.25, 0.3) is 6.61 Å². The second-order valence-corrected chi connectivity index (χ2v) is 4.08. The molecule has 0 aliphatic carbocycles. The molecule has 6 heteroatoms. The Morgan fingerprint density at radius 1 is 1.00 bits per heavy atom. The summed E-state index contributed by atoms with van der Waals surface area (Å²) in [5.41, 5.74) is 0.873. The maximum absolute atomic E-state index is 7.50. The van der Waals surface area contributed by atoms with Crippen molar-refractivity contribution in [3.63, 3.8) is 0 Å². The van der Waals surface area contributed by atoms with Crippen LogP contribution in [0, 0.1) is 38.4 Å². The van der Waals surface area contributed by atoms with Crippen molar-refractivity contribution < 1.29 is 40.5 Å². The van der Waals surface area contributed by atoms with E-state index in [0.717, 1.165) is 24.8 Å². The summed E-state index contributed by atoms with van der Waals surface area (Å²) in [5.74, 6) is 7.55. The van der Waals surface area contributed by atoms with Crippen molar-refractivity contribution >= 4 is 0 Å². The third-order valence-electron chi connectivity index (χ3n) is 2.55. The van der Waals surface area contributed by atoms with Gasteiger partial charge in [-0.05, 0) is 30.7 Å². The molecule has 0 spiro atoms. The number of benzene rings is 1. The van der Waals surface area contributed by atoms with Crippen LogP contribution in [0.25, 0.3) is 0 Å². The minimum atomic E-state index is 0. The SMILES string of the molecule is CCCCC#Cc1ccccc1O[C]c1ccco1.[C-]#[O+].[C-]#[O+].[C-]#[O+].[Cr]. The fourth-order valence-corrected chi connectivity index (χ4v) is 1.52. The van der Waals surface area contributed by atoms with E-state index in [1.165, 1.54) is 0 Å². The molecular weight excluding hydrogens is 372 g/mol. The van der Waals surface area contributed by atoms with Crippen LogP contribution in [0.1, 0.15) is 37.5 Å². The van der Waals surface area contributed by atoms with E-state index >= 15 is 0 Å². The van der Waals surface area contributed by atoms with Crippen molar-refractivity contribution in [1.29, 1.82) is 0 Å². The van der Waals surface area contributed by atoms with Gasteiger partial charge < -0.3 is 9.15 Å². The third-order valence-corrected chi connectivity index (χ3v) is 2.55. The van der Waals surface area contributed by atoms with Crippen molar-refractivity contribution in [2.45, 2.75) is 26.2 Å². The number of furan rings is 1. The average Bonchev–Trinajstić information content (AvgIpc) is 3.23. The minimum Gasteiger partial charge on any atom is 0 e. The van der Waals surface area contributed by atoms with Crippen molar-refractivity contribution in [2.75, 3.05) is 0 Å². The van der Waals surface area contributed by atoms with Crippen molar-refractivity contribution in [3.05, 3.63) is 80.5 Å². The molecule has 0 aliphatic heterocycles. The molecule has 0 saturated carbocycles. The van der Waals surface area contributed by atoms with Crippen LogP contribution in [-0.4, -0.2) is 0 Å². The predicted molar refractivity (Wildman–Crippen MR) is 86.3 cm³/mol. The third kappa shape index (κ3) is 13.0. The molecule has 132 valence electrons. The molecule has 26 heavy (non-hydrogen) atoms. The van der Waals surface area contributed by atoms with Gasteiger partial charge in [0.1, 0.15) is 5.75 Å². The molecule has 5 nitrogen and oxygen atoms in total. The zero-order chi connectivity index (χ0) is 19.3. The molecule has 0 bridgehead atoms. The second-order valence-electron chi connectivity index (χ2n) is 4.08. The summed E-state index contributed by atoms with van der Waals surface area (Å²) in [6.07, 6.45) is 4.78. The molecule has 1 heterocycles. The van der Waals surface area contributed by atoms with Crippen LogP contribution in [0.4, 0.5) is 0 Å². The molecular formula is C20H16CrO5. The first-order chi connectivity index (χ1) is 12.4. The van der Waals surface area contributed by atoms with E-state index in [9.17, 15) is 0 Å². The molecule has 0 N–H and O–H groups in total. The number of para-hydroxylation sites is 1. The summed E-state index contributed by atoms with van der Waals surface area (Å²) in [4.78, 5) is 0. The second kappa shape index (κ2) is 22.6. The van der Waals surface area contributed by atoms with Gasteiger partial charge in [-0.25, -0.2) is 0 Å². The van der Waals surface area contributed by atoms with Crippen LogP contribution in [0.2, 0.25) is 0 Å². The molecule has 2 rings (SSSR count). The molecule has 0 aliphatic rings. The van der Waals surface area contributed by atoms with Gasteiger partial charge in [-0.15, -0.1) is 0 Å². The molecule has 0 atom stereocenters. The van der Waals surface area contributed by atoms with E-state index in [1.54, 1.807) is 18.4 Å². The van der Waals surface area contributed by atoms with Gasteiger partial charge >= 0.3 is 33.9 Å². The predicted octanol–water partition coefficient (Wildman–Crippen LogP) is 4.17. The maximum Gasteiger partial charge on any atom is 0 e. The van der Waals surface area contributed by atoms with E-state index < -0.39 is 0 Å². The first-order valence-corrected chi connectivity index (χ1v) is 7.05. The van der Waals surface area contributed by atoms with Gasteiger partial charge in [0.2, 0.25) is 0 Å². The number of ether oxygens (including phenoxy) is 1. The summed E-state index contributed by atoms with van der Waals surface area (Å²) >= 11 is 0. The molecule has 0 saturated heterocycles. The van der Waals surface area contributed by atoms with Gasteiger partial charge in [-0.1, -0.05) is 37.3 Å². The number of rotatable bonds is 5. The zero-order valence-corrected chi connectivity index (χ0v) is 15.4.